The minimum Gasteiger partial charge on any atom is -0.398 e. The van der Waals surface area contributed by atoms with E-state index >= 15 is 0 Å². The molecule has 0 amide bonds. The van der Waals surface area contributed by atoms with E-state index in [4.69, 9.17) is 16.9 Å². The lowest BCUT2D eigenvalue weighted by Gasteiger charge is -2.26. The molecule has 5 N–H and O–H groups in total. The molecule has 0 saturated heterocycles. The smallest absolute Gasteiger partial charge is 0.0636 e. The molecule has 0 aliphatic carbocycles. The molecule has 0 aliphatic heterocycles. The Bertz CT molecular complexity index is 2560. The molecule has 3 nitrogen and oxygen atoms in total. The van der Waals surface area contributed by atoms with Crippen LogP contribution in [0.1, 0.15) is 40.3 Å². The fraction of sp³-hybridized carbons (Fsp3) is 0.0727. The van der Waals surface area contributed by atoms with Crippen molar-refractivity contribution in [3.63, 3.8) is 0 Å². The van der Waals surface area contributed by atoms with E-state index in [1.54, 1.807) is 0 Å². The minimum atomic E-state index is -0.572. The highest BCUT2D eigenvalue weighted by atomic mass is 14.7. The predicted octanol–water partition coefficient (Wildman–Crippen LogP) is 13.3. The molecule has 0 bridgehead atoms. The number of hydrogen-bond acceptors (Lipinski definition) is 3. The predicted molar refractivity (Wildman–Crippen MR) is 250 cm³/mol. The summed E-state index contributed by atoms with van der Waals surface area (Å²) in [5.41, 5.74) is 26.4. The number of benzene rings is 8. The van der Waals surface area contributed by atoms with Crippen LogP contribution in [0.2, 0.25) is 0 Å². The van der Waals surface area contributed by atoms with Crippen LogP contribution in [0.25, 0.3) is 44.3 Å². The second kappa shape index (κ2) is 19.7. The summed E-state index contributed by atoms with van der Waals surface area (Å²) in [6.07, 6.45) is 5.18. The first-order chi connectivity index (χ1) is 28.4. The van der Waals surface area contributed by atoms with Crippen molar-refractivity contribution in [2.75, 3.05) is 0 Å². The normalized spacial score (nSPS) is 12.3. The van der Waals surface area contributed by atoms with Crippen LogP contribution in [-0.2, 0) is 12.0 Å². The highest BCUT2D eigenvalue weighted by Gasteiger charge is 2.23. The third kappa shape index (κ3) is 10.0. The SMILES string of the molecule is C=N.CC(N)(c1ccccc1)c1ccc(-c2cccc3c(-c4ccc(C(/C=C(\N)c5ccccc5)=C/Cc5ccccc5)cc4)cccc23)cc1.Cc1ccccc1. The van der Waals surface area contributed by atoms with Crippen LogP contribution in [0.5, 0.6) is 0 Å². The van der Waals surface area contributed by atoms with Gasteiger partial charge in [0.05, 0.1) is 5.54 Å². The van der Waals surface area contributed by atoms with Gasteiger partial charge in [0.2, 0.25) is 0 Å². The monoisotopic (exact) mass is 753 g/mol. The van der Waals surface area contributed by atoms with Crippen LogP contribution in [0.15, 0.2) is 218 Å². The summed E-state index contributed by atoms with van der Waals surface area (Å²) in [6.45, 7) is 6.66. The Morgan fingerprint density at radius 2 is 0.966 bits per heavy atom. The number of rotatable bonds is 9. The first kappa shape index (κ1) is 40.6. The Morgan fingerprint density at radius 1 is 0.517 bits per heavy atom. The van der Waals surface area contributed by atoms with E-state index in [-0.39, 0.29) is 0 Å². The van der Waals surface area contributed by atoms with E-state index in [2.05, 4.69) is 172 Å². The van der Waals surface area contributed by atoms with Crippen molar-refractivity contribution < 1.29 is 0 Å². The fourth-order valence-corrected chi connectivity index (χ4v) is 7.12. The summed E-state index contributed by atoms with van der Waals surface area (Å²) in [5, 5.41) is 7.94. The first-order valence-electron chi connectivity index (χ1n) is 19.6. The van der Waals surface area contributed by atoms with Crippen molar-refractivity contribution in [2.24, 2.45) is 11.5 Å². The largest absolute Gasteiger partial charge is 0.398 e. The van der Waals surface area contributed by atoms with Gasteiger partial charge < -0.3 is 16.9 Å². The van der Waals surface area contributed by atoms with Crippen LogP contribution in [-0.4, -0.2) is 6.72 Å². The van der Waals surface area contributed by atoms with E-state index < -0.39 is 5.54 Å². The molecule has 8 aromatic rings. The van der Waals surface area contributed by atoms with Crippen LogP contribution in [0.3, 0.4) is 0 Å². The number of nitrogens with two attached hydrogens (primary N) is 2. The summed E-state index contributed by atoms with van der Waals surface area (Å²) < 4.78 is 0. The zero-order chi connectivity index (χ0) is 40.7. The average molecular weight is 754 g/mol. The van der Waals surface area contributed by atoms with Crippen LogP contribution in [0, 0.1) is 12.3 Å². The standard InChI is InChI=1S/C47H40N2.C7H8.CH3N/c1-47(49,40-17-9-4-10-18-40)41-31-29-37(30-32-41)43-20-12-21-44-42(19-11-22-45(43)44)36-27-25-35(26-28-36)39(24-23-34-13-5-2-6-14-34)33-46(48)38-15-7-3-8-16-38;1-7-5-3-2-4-6-7;1-2/h2-22,24-33H,23,48-49H2,1H3;2-6H,1H3;2H,1H2/b39-24+,46-33-;;. The van der Waals surface area contributed by atoms with Crippen LogP contribution < -0.4 is 11.5 Å². The van der Waals surface area contributed by atoms with Gasteiger partial charge in [-0.1, -0.05) is 218 Å². The summed E-state index contributed by atoms with van der Waals surface area (Å²) in [4.78, 5) is 0. The molecule has 3 heteroatoms. The molecule has 8 aromatic carbocycles. The number of hydrogen-bond donors (Lipinski definition) is 3. The van der Waals surface area contributed by atoms with Crippen LogP contribution >= 0.6 is 0 Å². The second-order valence-corrected chi connectivity index (χ2v) is 14.4. The Morgan fingerprint density at radius 3 is 1.47 bits per heavy atom. The Kier molecular flexibility index (Phi) is 13.8. The molecular formula is C55H51N3. The quantitative estimate of drug-likeness (QED) is 0.101. The maximum Gasteiger partial charge on any atom is 0.0636 e. The molecule has 0 radical (unpaired) electrons. The van der Waals surface area contributed by atoms with Gasteiger partial charge in [0.1, 0.15) is 0 Å². The molecular weight excluding hydrogens is 703 g/mol. The van der Waals surface area contributed by atoms with E-state index in [1.807, 2.05) is 66.7 Å². The van der Waals surface area contributed by atoms with Crippen LogP contribution in [0.4, 0.5) is 0 Å². The van der Waals surface area contributed by atoms with Gasteiger partial charge in [-0.05, 0) is 99.5 Å². The molecule has 8 rings (SSSR count). The van der Waals surface area contributed by atoms with Crippen molar-refractivity contribution in [1.82, 2.24) is 0 Å². The molecule has 0 heterocycles. The van der Waals surface area contributed by atoms with Crippen molar-refractivity contribution >= 4 is 28.8 Å². The maximum absolute atomic E-state index is 6.83. The molecule has 286 valence electrons. The number of aryl methyl sites for hydroxylation is 1. The zero-order valence-electron chi connectivity index (χ0n) is 33.4. The molecule has 0 aliphatic rings. The molecule has 0 spiro atoms. The maximum atomic E-state index is 6.83. The second-order valence-electron chi connectivity index (χ2n) is 14.4. The summed E-state index contributed by atoms with van der Waals surface area (Å²) in [6, 6.07) is 71.9. The minimum absolute atomic E-state index is 0.572. The fourth-order valence-electron chi connectivity index (χ4n) is 7.12. The van der Waals surface area contributed by atoms with Crippen molar-refractivity contribution in [3.05, 3.63) is 252 Å². The van der Waals surface area contributed by atoms with E-state index in [1.165, 1.54) is 44.2 Å². The Hall–Kier alpha value is -7.07. The average Bonchev–Trinajstić information content (AvgIpc) is 3.29. The number of allylic oxidation sites excluding steroid dienone is 3. The first-order valence-corrected chi connectivity index (χ1v) is 19.6. The van der Waals surface area contributed by atoms with Gasteiger partial charge in [0.25, 0.3) is 0 Å². The van der Waals surface area contributed by atoms with Crippen molar-refractivity contribution in [1.29, 1.82) is 5.41 Å². The molecule has 0 aromatic heterocycles. The highest BCUT2D eigenvalue weighted by Crippen LogP contribution is 2.36. The van der Waals surface area contributed by atoms with Crippen molar-refractivity contribution in [3.8, 4) is 22.3 Å². The molecule has 1 atom stereocenters. The summed E-state index contributed by atoms with van der Waals surface area (Å²) in [5.74, 6) is 0. The van der Waals surface area contributed by atoms with Gasteiger partial charge in [-0.2, -0.15) is 0 Å². The zero-order valence-corrected chi connectivity index (χ0v) is 33.4. The summed E-state index contributed by atoms with van der Waals surface area (Å²) >= 11 is 0. The van der Waals surface area contributed by atoms with Crippen molar-refractivity contribution in [2.45, 2.75) is 25.8 Å². The van der Waals surface area contributed by atoms with Gasteiger partial charge in [-0.15, -0.1) is 0 Å². The van der Waals surface area contributed by atoms with Gasteiger partial charge in [0, 0.05) is 5.70 Å². The van der Waals surface area contributed by atoms with Gasteiger partial charge >= 0.3 is 0 Å². The Balaban J connectivity index is 0.000000564. The van der Waals surface area contributed by atoms with Gasteiger partial charge in [-0.25, -0.2) is 0 Å². The van der Waals surface area contributed by atoms with E-state index in [0.717, 1.165) is 39.9 Å². The molecule has 0 saturated carbocycles. The van der Waals surface area contributed by atoms with Gasteiger partial charge in [-0.3, -0.25) is 0 Å². The van der Waals surface area contributed by atoms with Gasteiger partial charge in [0.15, 0.2) is 0 Å². The lowest BCUT2D eigenvalue weighted by molar-refractivity contribution is 0.603. The van der Waals surface area contributed by atoms with E-state index in [9.17, 15) is 0 Å². The molecule has 1 unspecified atom stereocenters. The lowest BCUT2D eigenvalue weighted by atomic mass is 9.84. The number of nitrogens with one attached hydrogen (secondary N) is 1. The topological polar surface area (TPSA) is 75.9 Å². The molecule has 0 fully saturated rings. The van der Waals surface area contributed by atoms with E-state index in [0.29, 0.717) is 0 Å². The summed E-state index contributed by atoms with van der Waals surface area (Å²) in [7, 11) is 0. The third-order valence-corrected chi connectivity index (χ3v) is 10.4. The number of fused-ring (bicyclic) bond motifs is 1. The molecule has 58 heavy (non-hydrogen) atoms. The third-order valence-electron chi connectivity index (χ3n) is 10.4. The Labute approximate surface area is 344 Å². The highest BCUT2D eigenvalue weighted by molar-refractivity contribution is 6.04. The lowest BCUT2D eigenvalue weighted by Crippen LogP contribution is -2.34.